The van der Waals surface area contributed by atoms with Gasteiger partial charge >= 0.3 is 0 Å². The molecule has 19 nitrogen and oxygen atoms in total. The molecule has 1 aliphatic carbocycles. The number of hydrogen-bond acceptors (Lipinski definition) is 19. The quantitative estimate of drug-likeness (QED) is 0.107. The van der Waals surface area contributed by atoms with Crippen molar-refractivity contribution in [3.8, 4) is 0 Å². The predicted molar refractivity (Wildman–Crippen MR) is 143 cm³/mol. The number of nitrogens with one attached hydrogen (secondary N) is 1. The molecular weight excluding hydrogens is 580 g/mol. The molecule has 1 saturated carbocycles. The highest BCUT2D eigenvalue weighted by molar-refractivity contribution is 5.02. The molecule has 19 atom stereocenters. The van der Waals surface area contributed by atoms with Gasteiger partial charge in [-0.2, -0.15) is 0 Å². The Bertz CT molecular complexity index is 886. The van der Waals surface area contributed by atoms with E-state index < -0.39 is 123 Å². The zero-order valence-electron chi connectivity index (χ0n) is 23.8. The highest BCUT2D eigenvalue weighted by atomic mass is 16.8. The maximum Gasteiger partial charge on any atom is 0.187 e. The van der Waals surface area contributed by atoms with Gasteiger partial charge in [-0.1, -0.05) is 0 Å². The van der Waals surface area contributed by atoms with Crippen LogP contribution in [0.2, 0.25) is 0 Å². The van der Waals surface area contributed by atoms with Gasteiger partial charge in [-0.05, 0) is 13.5 Å². The van der Waals surface area contributed by atoms with Crippen molar-refractivity contribution in [3.63, 3.8) is 0 Å². The molecule has 0 aromatic rings. The van der Waals surface area contributed by atoms with Gasteiger partial charge in [0.05, 0.1) is 24.8 Å². The SMILES string of the molecule is CNC[C@H]1O[C@H](O[C@H]2[C@H](O[C@@H]3O[C@H](CO)[C@@H](O[C@H]4OC(CN)[C@@H](O)[C@H](O)[C@H]4N)[C@H]3O)[C@@H](O)[C@H](N)C[C@@H]2N)[C@H](N)[C@@H](O)[C@@H]1O. The van der Waals surface area contributed by atoms with Gasteiger partial charge in [-0.3, -0.25) is 0 Å². The number of aliphatic hydroxyl groups excluding tert-OH is 7. The molecular formula is C24H48N6O13. The first-order valence-corrected chi connectivity index (χ1v) is 14.3. The van der Waals surface area contributed by atoms with Crippen LogP contribution in [0, 0.1) is 0 Å². The van der Waals surface area contributed by atoms with Crippen molar-refractivity contribution < 1.29 is 64.2 Å². The van der Waals surface area contributed by atoms with Gasteiger partial charge in [0.25, 0.3) is 0 Å². The Morgan fingerprint density at radius 1 is 0.628 bits per heavy atom. The lowest BCUT2D eigenvalue weighted by Crippen LogP contribution is -2.68. The zero-order valence-corrected chi connectivity index (χ0v) is 23.8. The van der Waals surface area contributed by atoms with E-state index >= 15 is 0 Å². The van der Waals surface area contributed by atoms with E-state index in [0.29, 0.717) is 0 Å². The molecule has 0 aromatic carbocycles. The summed E-state index contributed by atoms with van der Waals surface area (Å²) in [5.41, 5.74) is 30.1. The van der Waals surface area contributed by atoms with E-state index in [-0.39, 0.29) is 19.5 Å². The normalized spacial score (nSPS) is 52.8. The van der Waals surface area contributed by atoms with Crippen LogP contribution in [0.1, 0.15) is 6.42 Å². The number of hydrogen-bond donors (Lipinski definition) is 13. The summed E-state index contributed by atoms with van der Waals surface area (Å²) in [7, 11) is 1.63. The molecule has 252 valence electrons. The Kier molecular flexibility index (Phi) is 12.1. The summed E-state index contributed by atoms with van der Waals surface area (Å²) in [5.74, 6) is 0. The van der Waals surface area contributed by atoms with Crippen molar-refractivity contribution in [2.24, 2.45) is 28.7 Å². The standard InChI is InChI=1S/C24H48N6O13/c1-30-4-9-15(34)17(36)12(29)23(39-9)41-19-7(27)2-6(26)13(32)21(19)43-24-18(37)20(10(5-31)40-24)42-22-11(28)16(35)14(33)8(3-25)38-22/h6-24,30-37H,2-5,25-29H2,1H3/t6-,7+,8?,9-,10-,11-,12-,13+,14-,15-,16-,17-,18-,19-,20-,21-,22-,23-,24+/m1/s1. The number of nitrogens with two attached hydrogens (primary N) is 5. The van der Waals surface area contributed by atoms with Crippen LogP contribution < -0.4 is 34.0 Å². The molecule has 19 heteroatoms. The summed E-state index contributed by atoms with van der Waals surface area (Å²) in [6, 6.07) is -4.13. The van der Waals surface area contributed by atoms with Crippen molar-refractivity contribution >= 4 is 0 Å². The third-order valence-electron chi connectivity index (χ3n) is 8.54. The number of rotatable bonds is 10. The van der Waals surface area contributed by atoms with Crippen molar-refractivity contribution in [1.29, 1.82) is 0 Å². The smallest absolute Gasteiger partial charge is 0.187 e. The third-order valence-corrected chi connectivity index (χ3v) is 8.54. The highest BCUT2D eigenvalue weighted by Crippen LogP contribution is 2.34. The van der Waals surface area contributed by atoms with E-state index in [2.05, 4.69) is 5.32 Å². The fourth-order valence-corrected chi connectivity index (χ4v) is 5.92. The number of likely N-dealkylation sites (N-methyl/N-ethyl adjacent to an activating group) is 1. The van der Waals surface area contributed by atoms with Crippen LogP contribution in [0.25, 0.3) is 0 Å². The lowest BCUT2D eigenvalue weighted by Gasteiger charge is -2.47. The van der Waals surface area contributed by atoms with Crippen LogP contribution >= 0.6 is 0 Å². The Morgan fingerprint density at radius 3 is 1.70 bits per heavy atom. The van der Waals surface area contributed by atoms with E-state index in [1.807, 2.05) is 0 Å². The summed E-state index contributed by atoms with van der Waals surface area (Å²) < 4.78 is 35.0. The van der Waals surface area contributed by atoms with Crippen LogP contribution in [0.3, 0.4) is 0 Å². The topological polar surface area (TPSA) is 339 Å². The van der Waals surface area contributed by atoms with Crippen molar-refractivity contribution in [2.45, 2.75) is 123 Å². The van der Waals surface area contributed by atoms with Gasteiger partial charge in [0.1, 0.15) is 67.1 Å². The van der Waals surface area contributed by atoms with E-state index in [1.54, 1.807) is 7.05 Å². The molecule has 43 heavy (non-hydrogen) atoms. The van der Waals surface area contributed by atoms with Crippen LogP contribution in [0.15, 0.2) is 0 Å². The summed E-state index contributed by atoms with van der Waals surface area (Å²) >= 11 is 0. The summed E-state index contributed by atoms with van der Waals surface area (Å²) in [6.45, 7) is -0.637. The Labute approximate surface area is 248 Å². The average Bonchev–Trinajstić information content (AvgIpc) is 3.28. The maximum absolute atomic E-state index is 11.1. The van der Waals surface area contributed by atoms with Crippen molar-refractivity contribution in [3.05, 3.63) is 0 Å². The van der Waals surface area contributed by atoms with E-state index in [0.717, 1.165) is 0 Å². The minimum atomic E-state index is -1.60. The monoisotopic (exact) mass is 628 g/mol. The van der Waals surface area contributed by atoms with E-state index in [4.69, 9.17) is 57.1 Å². The molecule has 1 unspecified atom stereocenters. The highest BCUT2D eigenvalue weighted by Gasteiger charge is 2.54. The van der Waals surface area contributed by atoms with Crippen LogP contribution in [-0.2, 0) is 28.4 Å². The molecule has 0 bridgehead atoms. The summed E-state index contributed by atoms with van der Waals surface area (Å²) in [4.78, 5) is 0. The first kappa shape index (κ1) is 35.1. The lowest BCUT2D eigenvalue weighted by molar-refractivity contribution is -0.307. The van der Waals surface area contributed by atoms with E-state index in [1.165, 1.54) is 0 Å². The van der Waals surface area contributed by atoms with Gasteiger partial charge in [0, 0.05) is 25.2 Å². The van der Waals surface area contributed by atoms with Gasteiger partial charge in [0.15, 0.2) is 18.9 Å². The van der Waals surface area contributed by atoms with E-state index in [9.17, 15) is 35.7 Å². The average molecular weight is 629 g/mol. The minimum absolute atomic E-state index is 0.102. The number of aliphatic hydroxyl groups is 7. The fourth-order valence-electron chi connectivity index (χ4n) is 5.92. The molecule has 0 amide bonds. The van der Waals surface area contributed by atoms with Gasteiger partial charge in [-0.25, -0.2) is 0 Å². The molecule has 3 saturated heterocycles. The second kappa shape index (κ2) is 14.8. The molecule has 3 aliphatic heterocycles. The molecule has 0 radical (unpaired) electrons. The number of ether oxygens (including phenoxy) is 6. The van der Waals surface area contributed by atoms with Crippen molar-refractivity contribution in [1.82, 2.24) is 5.32 Å². The molecule has 0 aromatic heterocycles. The molecule has 3 heterocycles. The Morgan fingerprint density at radius 2 is 1.14 bits per heavy atom. The van der Waals surface area contributed by atoms with Crippen molar-refractivity contribution in [2.75, 3.05) is 26.7 Å². The molecule has 4 fully saturated rings. The summed E-state index contributed by atoms with van der Waals surface area (Å²) in [5, 5.41) is 76.3. The van der Waals surface area contributed by atoms with Gasteiger partial charge < -0.3 is 98.2 Å². The maximum atomic E-state index is 11.1. The largest absolute Gasteiger partial charge is 0.394 e. The molecule has 18 N–H and O–H groups in total. The molecule has 4 aliphatic rings. The fraction of sp³-hybridized carbons (Fsp3) is 1.00. The second-order valence-corrected chi connectivity index (χ2v) is 11.6. The van der Waals surface area contributed by atoms with Crippen LogP contribution in [0.5, 0.6) is 0 Å². The summed E-state index contributed by atoms with van der Waals surface area (Å²) in [6.07, 6.45) is -19.4. The Balaban J connectivity index is 1.50. The zero-order chi connectivity index (χ0) is 31.7. The van der Waals surface area contributed by atoms with Crippen LogP contribution in [-0.4, -0.2) is 179 Å². The molecule has 4 rings (SSSR count). The first-order valence-electron chi connectivity index (χ1n) is 14.3. The minimum Gasteiger partial charge on any atom is -0.394 e. The lowest BCUT2D eigenvalue weighted by atomic mass is 9.84. The van der Waals surface area contributed by atoms with Gasteiger partial charge in [-0.15, -0.1) is 0 Å². The second-order valence-electron chi connectivity index (χ2n) is 11.6. The first-order chi connectivity index (χ1) is 20.3. The Hall–Kier alpha value is -0.760. The van der Waals surface area contributed by atoms with Crippen LogP contribution in [0.4, 0.5) is 0 Å². The third kappa shape index (κ3) is 7.15. The molecule has 0 spiro atoms. The van der Waals surface area contributed by atoms with Gasteiger partial charge in [0.2, 0.25) is 0 Å². The predicted octanol–water partition coefficient (Wildman–Crippen LogP) is -8.63.